The molecule has 0 saturated heterocycles. The van der Waals surface area contributed by atoms with Crippen molar-refractivity contribution < 1.29 is 4.79 Å². The first-order chi connectivity index (χ1) is 14.0. The first kappa shape index (κ1) is 18.9. The van der Waals surface area contributed by atoms with Crippen LogP contribution in [0.3, 0.4) is 0 Å². The molecular formula is C22H21N5OS. The molecule has 6 nitrogen and oxygen atoms in total. The Kier molecular flexibility index (Phi) is 4.92. The van der Waals surface area contributed by atoms with Gasteiger partial charge in [0, 0.05) is 29.7 Å². The monoisotopic (exact) mass is 403 g/mol. The topological polar surface area (TPSA) is 85.0 Å². The number of amides is 1. The summed E-state index contributed by atoms with van der Waals surface area (Å²) in [5.74, 6) is 5.49. The Balaban J connectivity index is 1.80. The summed E-state index contributed by atoms with van der Waals surface area (Å²) < 4.78 is 2.08. The van der Waals surface area contributed by atoms with E-state index in [1.165, 1.54) is 16.7 Å². The summed E-state index contributed by atoms with van der Waals surface area (Å²) in [7, 11) is 2.02. The molecule has 0 aliphatic heterocycles. The molecule has 0 saturated carbocycles. The highest BCUT2D eigenvalue weighted by molar-refractivity contribution is 7.09. The molecule has 4 rings (SSSR count). The van der Waals surface area contributed by atoms with E-state index in [4.69, 9.17) is 5.84 Å². The average molecular weight is 404 g/mol. The van der Waals surface area contributed by atoms with Crippen molar-refractivity contribution in [3.8, 4) is 11.1 Å². The third kappa shape index (κ3) is 3.53. The number of carbonyl (C=O) groups excluding carboxylic acids is 1. The lowest BCUT2D eigenvalue weighted by Crippen LogP contribution is -2.15. The van der Waals surface area contributed by atoms with Crippen LogP contribution in [-0.2, 0) is 7.05 Å². The number of rotatable bonds is 5. The van der Waals surface area contributed by atoms with Crippen LogP contribution in [0.5, 0.6) is 0 Å². The van der Waals surface area contributed by atoms with Crippen LogP contribution in [0.2, 0.25) is 0 Å². The maximum Gasteiger partial charge on any atom is 0.275 e. The van der Waals surface area contributed by atoms with Crippen molar-refractivity contribution in [1.82, 2.24) is 9.55 Å². The largest absolute Gasteiger partial charge is 0.351 e. The van der Waals surface area contributed by atoms with Crippen molar-refractivity contribution in [1.29, 1.82) is 0 Å². The maximum absolute atomic E-state index is 12.7. The predicted molar refractivity (Wildman–Crippen MR) is 121 cm³/mol. The Bertz CT molecular complexity index is 1240. The number of anilines is 2. The van der Waals surface area contributed by atoms with Gasteiger partial charge >= 0.3 is 0 Å². The van der Waals surface area contributed by atoms with Crippen LogP contribution in [-0.4, -0.2) is 15.5 Å². The lowest BCUT2D eigenvalue weighted by molar-refractivity contribution is 0.102. The van der Waals surface area contributed by atoms with Crippen molar-refractivity contribution in [3.63, 3.8) is 0 Å². The Morgan fingerprint density at radius 1 is 1.21 bits per heavy atom. The number of aryl methyl sites for hydroxylation is 2. The van der Waals surface area contributed by atoms with Gasteiger partial charge in [-0.25, -0.2) is 4.98 Å². The minimum atomic E-state index is -0.268. The van der Waals surface area contributed by atoms with Gasteiger partial charge in [-0.05, 0) is 47.7 Å². The molecule has 4 aromatic rings. The number of hydrogen-bond donors (Lipinski definition) is 3. The molecule has 4 N–H and O–H groups in total. The van der Waals surface area contributed by atoms with Crippen molar-refractivity contribution >= 4 is 45.6 Å². The predicted octanol–water partition coefficient (Wildman–Crippen LogP) is 4.79. The van der Waals surface area contributed by atoms with E-state index in [2.05, 4.69) is 51.1 Å². The summed E-state index contributed by atoms with van der Waals surface area (Å²) in [5.41, 5.74) is 8.19. The summed E-state index contributed by atoms with van der Waals surface area (Å²) in [4.78, 5) is 16.9. The van der Waals surface area contributed by atoms with Crippen molar-refractivity contribution in [3.05, 3.63) is 70.8 Å². The fourth-order valence-electron chi connectivity index (χ4n) is 3.36. The summed E-state index contributed by atoms with van der Waals surface area (Å²) >= 11 is 1.44. The van der Waals surface area contributed by atoms with Crippen LogP contribution < -0.4 is 16.6 Å². The third-order valence-corrected chi connectivity index (χ3v) is 5.63. The maximum atomic E-state index is 12.7. The van der Waals surface area contributed by atoms with Crippen LogP contribution >= 0.6 is 11.3 Å². The van der Waals surface area contributed by atoms with E-state index in [1.807, 2.05) is 32.3 Å². The average Bonchev–Trinajstić information content (AvgIpc) is 3.33. The number of nitrogens with zero attached hydrogens (tertiary/aromatic N) is 2. The highest BCUT2D eigenvalue weighted by Crippen LogP contribution is 2.34. The molecule has 0 aliphatic rings. The number of fused-ring (bicyclic) bond motifs is 1. The molecule has 2 heterocycles. The van der Waals surface area contributed by atoms with Crippen LogP contribution in [0.4, 0.5) is 11.4 Å². The molecule has 0 bridgehead atoms. The summed E-state index contributed by atoms with van der Waals surface area (Å²) in [6.45, 7) is 5.74. The van der Waals surface area contributed by atoms with Crippen molar-refractivity contribution in [2.24, 2.45) is 12.9 Å². The van der Waals surface area contributed by atoms with Gasteiger partial charge < -0.3 is 15.3 Å². The van der Waals surface area contributed by atoms with Crippen molar-refractivity contribution in [2.75, 3.05) is 10.7 Å². The fraction of sp³-hybridized carbons (Fsp3) is 0.0909. The number of nitrogens with one attached hydrogen (secondary N) is 2. The molecular weight excluding hydrogens is 382 g/mol. The normalized spacial score (nSPS) is 10.9. The summed E-state index contributed by atoms with van der Waals surface area (Å²) in [6.07, 6.45) is 3.70. The molecule has 2 aromatic heterocycles. The SMILES string of the molecule is C=Cc1c(NN)cc(-c2ccc3ccn(C)c3c2)cc1NC(=O)c1csc(C)n1. The number of nitrogen functional groups attached to an aromatic ring is 1. The van der Waals surface area contributed by atoms with E-state index in [9.17, 15) is 4.79 Å². The molecule has 146 valence electrons. The van der Waals surface area contributed by atoms with Gasteiger partial charge in [0.1, 0.15) is 5.69 Å². The van der Waals surface area contributed by atoms with Crippen LogP contribution in [0, 0.1) is 6.92 Å². The number of aromatic nitrogens is 2. The van der Waals surface area contributed by atoms with Gasteiger partial charge in [0.05, 0.1) is 16.4 Å². The molecule has 0 fully saturated rings. The lowest BCUT2D eigenvalue weighted by atomic mass is 9.99. The number of nitrogens with two attached hydrogens (primary N) is 1. The van der Waals surface area contributed by atoms with E-state index in [1.54, 1.807) is 11.5 Å². The highest BCUT2D eigenvalue weighted by atomic mass is 32.1. The highest BCUT2D eigenvalue weighted by Gasteiger charge is 2.15. The van der Waals surface area contributed by atoms with Crippen LogP contribution in [0.1, 0.15) is 21.1 Å². The number of carbonyl (C=O) groups is 1. The van der Waals surface area contributed by atoms with Crippen molar-refractivity contribution in [2.45, 2.75) is 6.92 Å². The Labute approximate surface area is 172 Å². The molecule has 2 aromatic carbocycles. The van der Waals surface area contributed by atoms with E-state index < -0.39 is 0 Å². The molecule has 0 radical (unpaired) electrons. The van der Waals surface area contributed by atoms with E-state index >= 15 is 0 Å². The van der Waals surface area contributed by atoms with Gasteiger partial charge in [-0.2, -0.15) is 0 Å². The van der Waals surface area contributed by atoms with Gasteiger partial charge in [0.2, 0.25) is 0 Å². The third-order valence-electron chi connectivity index (χ3n) is 4.86. The molecule has 7 heteroatoms. The molecule has 0 aliphatic carbocycles. The minimum Gasteiger partial charge on any atom is -0.351 e. The zero-order chi connectivity index (χ0) is 20.5. The van der Waals surface area contributed by atoms with E-state index in [0.29, 0.717) is 17.1 Å². The van der Waals surface area contributed by atoms with Gasteiger partial charge in [-0.3, -0.25) is 10.6 Å². The fourth-order valence-corrected chi connectivity index (χ4v) is 3.95. The van der Waals surface area contributed by atoms with Crippen LogP contribution in [0.15, 0.2) is 54.6 Å². The lowest BCUT2D eigenvalue weighted by Gasteiger charge is -2.15. The molecule has 0 spiro atoms. The van der Waals surface area contributed by atoms with Gasteiger partial charge in [-0.1, -0.05) is 24.8 Å². The molecule has 29 heavy (non-hydrogen) atoms. The smallest absolute Gasteiger partial charge is 0.275 e. The molecule has 1 amide bonds. The molecule has 0 atom stereocenters. The molecule has 0 unspecified atom stereocenters. The number of benzene rings is 2. The van der Waals surface area contributed by atoms with Crippen LogP contribution in [0.25, 0.3) is 28.1 Å². The minimum absolute atomic E-state index is 0.268. The van der Waals surface area contributed by atoms with Gasteiger partial charge in [-0.15, -0.1) is 11.3 Å². The zero-order valence-corrected chi connectivity index (χ0v) is 17.0. The Hall–Kier alpha value is -3.42. The zero-order valence-electron chi connectivity index (χ0n) is 16.2. The first-order valence-corrected chi connectivity index (χ1v) is 9.94. The quantitative estimate of drug-likeness (QED) is 0.330. The number of hydrazine groups is 1. The Morgan fingerprint density at radius 3 is 2.69 bits per heavy atom. The second-order valence-electron chi connectivity index (χ2n) is 6.74. The summed E-state index contributed by atoms with van der Waals surface area (Å²) in [6, 6.07) is 12.2. The van der Waals surface area contributed by atoms with E-state index in [0.717, 1.165) is 27.2 Å². The standard InChI is InChI=1S/C22H21N5OS/c1-4-17-18(25-22(28)20-12-29-13(2)24-20)9-16(10-19(17)26-23)15-6-5-14-7-8-27(3)21(14)11-15/h4-12,26H,1,23H2,2-3H3,(H,25,28). The summed E-state index contributed by atoms with van der Waals surface area (Å²) in [5, 5.41) is 6.71. The van der Waals surface area contributed by atoms with E-state index in [-0.39, 0.29) is 5.91 Å². The number of thiazole rings is 1. The second kappa shape index (κ2) is 7.54. The number of hydrogen-bond acceptors (Lipinski definition) is 5. The Morgan fingerprint density at radius 2 is 2.00 bits per heavy atom. The van der Waals surface area contributed by atoms with Gasteiger partial charge in [0.25, 0.3) is 5.91 Å². The van der Waals surface area contributed by atoms with Gasteiger partial charge in [0.15, 0.2) is 0 Å². The first-order valence-electron chi connectivity index (χ1n) is 9.06. The second-order valence-corrected chi connectivity index (χ2v) is 7.80.